The zero-order valence-corrected chi connectivity index (χ0v) is 26.1. The van der Waals surface area contributed by atoms with Crippen molar-refractivity contribution in [2.75, 3.05) is 19.8 Å². The summed E-state index contributed by atoms with van der Waals surface area (Å²) in [6.07, 6.45) is -1.50. The van der Waals surface area contributed by atoms with Crippen molar-refractivity contribution in [1.29, 1.82) is 0 Å². The SMILES string of the molecule is CCCCCCC(C)OC(=O)c1ccc(-c2ccc(OC(=O)c3ccc(OCCOCC(F)(F)C(F)(F)C(F)(F)F)cc3F)cc2)cc1. The summed E-state index contributed by atoms with van der Waals surface area (Å²) in [4.78, 5) is 25.0. The minimum absolute atomic E-state index is 0.0987. The van der Waals surface area contributed by atoms with E-state index in [9.17, 15) is 44.7 Å². The molecule has 0 saturated carbocycles. The number of hydrogen-bond acceptors (Lipinski definition) is 6. The molecule has 3 aromatic carbocycles. The molecule has 1 unspecified atom stereocenters. The first-order valence-corrected chi connectivity index (χ1v) is 15.0. The zero-order chi connectivity index (χ0) is 35.5. The molecule has 0 saturated heterocycles. The van der Waals surface area contributed by atoms with Gasteiger partial charge in [-0.3, -0.25) is 0 Å². The second-order valence-corrected chi connectivity index (χ2v) is 10.9. The van der Waals surface area contributed by atoms with E-state index in [0.717, 1.165) is 61.4 Å². The number of halogens is 8. The molecule has 0 bridgehead atoms. The first-order valence-electron chi connectivity index (χ1n) is 15.0. The number of hydrogen-bond donors (Lipinski definition) is 0. The first-order chi connectivity index (χ1) is 22.6. The van der Waals surface area contributed by atoms with Gasteiger partial charge in [-0.2, -0.15) is 30.7 Å². The molecule has 0 aliphatic rings. The van der Waals surface area contributed by atoms with E-state index < -0.39 is 61.2 Å². The molecule has 0 aliphatic heterocycles. The van der Waals surface area contributed by atoms with Crippen molar-refractivity contribution in [1.82, 2.24) is 0 Å². The molecule has 0 aromatic heterocycles. The summed E-state index contributed by atoms with van der Waals surface area (Å²) in [5.41, 5.74) is 1.45. The van der Waals surface area contributed by atoms with E-state index in [1.54, 1.807) is 36.4 Å². The highest BCUT2D eigenvalue weighted by Gasteiger charge is 2.73. The standard InChI is InChI=1S/C34H34F8O6/c1-3-4-5-6-7-22(2)47-30(43)25-10-8-23(9-11-25)24-12-14-26(15-13-24)48-31(44)28-17-16-27(20-29(28)35)46-19-18-45-21-32(36,37)33(38,39)34(40,41)42/h8-17,20,22H,3-7,18-19,21H2,1-2H3. The molecule has 6 nitrogen and oxygen atoms in total. The normalized spacial score (nSPS) is 12.8. The maximum Gasteiger partial charge on any atom is 0.459 e. The fourth-order valence-electron chi connectivity index (χ4n) is 4.31. The number of ether oxygens (including phenoxy) is 4. The highest BCUT2D eigenvalue weighted by molar-refractivity contribution is 5.92. The Labute approximate surface area is 271 Å². The largest absolute Gasteiger partial charge is 0.491 e. The molecule has 0 N–H and O–H groups in total. The van der Waals surface area contributed by atoms with Gasteiger partial charge in [0.15, 0.2) is 0 Å². The van der Waals surface area contributed by atoms with Gasteiger partial charge < -0.3 is 18.9 Å². The Hall–Kier alpha value is -4.20. The lowest BCUT2D eigenvalue weighted by Gasteiger charge is -2.27. The third-order valence-corrected chi connectivity index (χ3v) is 7.05. The van der Waals surface area contributed by atoms with Crippen LogP contribution in [0.4, 0.5) is 35.1 Å². The molecule has 0 radical (unpaired) electrons. The number of alkyl halides is 7. The maximum absolute atomic E-state index is 14.6. The second-order valence-electron chi connectivity index (χ2n) is 10.9. The molecule has 0 amide bonds. The minimum atomic E-state index is -6.47. The summed E-state index contributed by atoms with van der Waals surface area (Å²) < 4.78 is 123. The molecule has 0 spiro atoms. The van der Waals surface area contributed by atoms with Crippen molar-refractivity contribution in [3.05, 3.63) is 83.7 Å². The molecule has 0 aliphatic carbocycles. The van der Waals surface area contributed by atoms with E-state index in [-0.39, 0.29) is 17.6 Å². The van der Waals surface area contributed by atoms with Gasteiger partial charge in [0, 0.05) is 6.07 Å². The van der Waals surface area contributed by atoms with E-state index >= 15 is 0 Å². The summed E-state index contributed by atoms with van der Waals surface area (Å²) >= 11 is 0. The molecule has 262 valence electrons. The summed E-state index contributed by atoms with van der Waals surface area (Å²) in [6.45, 7) is 0.343. The Bertz CT molecular complexity index is 1490. The Morgan fingerprint density at radius 2 is 1.35 bits per heavy atom. The number of esters is 2. The van der Waals surface area contributed by atoms with Gasteiger partial charge in [0.2, 0.25) is 0 Å². The number of unbranched alkanes of at least 4 members (excludes halogenated alkanes) is 3. The lowest BCUT2D eigenvalue weighted by molar-refractivity contribution is -0.361. The molecule has 0 fully saturated rings. The summed E-state index contributed by atoms with van der Waals surface area (Å²) in [6, 6.07) is 16.0. The van der Waals surface area contributed by atoms with Gasteiger partial charge in [-0.05, 0) is 67.3 Å². The third kappa shape index (κ3) is 10.4. The molecular formula is C34H34F8O6. The Balaban J connectivity index is 1.48. The minimum Gasteiger partial charge on any atom is -0.491 e. The fraction of sp³-hybridized carbons (Fsp3) is 0.412. The van der Waals surface area contributed by atoms with Crippen molar-refractivity contribution < 1.29 is 63.7 Å². The Morgan fingerprint density at radius 1 is 0.750 bits per heavy atom. The number of carbonyl (C=O) groups is 2. The molecule has 3 aromatic rings. The van der Waals surface area contributed by atoms with Crippen LogP contribution in [0.5, 0.6) is 11.5 Å². The molecule has 0 heterocycles. The van der Waals surface area contributed by atoms with E-state index in [2.05, 4.69) is 11.7 Å². The maximum atomic E-state index is 14.6. The predicted molar refractivity (Wildman–Crippen MR) is 159 cm³/mol. The lowest BCUT2D eigenvalue weighted by atomic mass is 10.0. The van der Waals surface area contributed by atoms with E-state index in [1.807, 2.05) is 6.92 Å². The second kappa shape index (κ2) is 16.8. The Kier molecular flexibility index (Phi) is 13.4. The highest BCUT2D eigenvalue weighted by Crippen LogP contribution is 2.46. The summed E-state index contributed by atoms with van der Waals surface area (Å²) in [5.74, 6) is -14.5. The number of rotatable bonds is 17. The smallest absolute Gasteiger partial charge is 0.459 e. The fourth-order valence-corrected chi connectivity index (χ4v) is 4.31. The van der Waals surface area contributed by atoms with Crippen molar-refractivity contribution in [3.63, 3.8) is 0 Å². The van der Waals surface area contributed by atoms with Crippen LogP contribution in [-0.2, 0) is 9.47 Å². The van der Waals surface area contributed by atoms with Crippen molar-refractivity contribution in [2.45, 2.75) is 70.1 Å². The van der Waals surface area contributed by atoms with Crippen LogP contribution in [0.3, 0.4) is 0 Å². The third-order valence-electron chi connectivity index (χ3n) is 7.05. The summed E-state index contributed by atoms with van der Waals surface area (Å²) in [7, 11) is 0. The lowest BCUT2D eigenvalue weighted by Crippen LogP contribution is -2.54. The van der Waals surface area contributed by atoms with Crippen LogP contribution in [0.15, 0.2) is 66.7 Å². The molecule has 1 atom stereocenters. The monoisotopic (exact) mass is 690 g/mol. The first kappa shape index (κ1) is 38.2. The van der Waals surface area contributed by atoms with Crippen LogP contribution >= 0.6 is 0 Å². The van der Waals surface area contributed by atoms with Gasteiger partial charge >= 0.3 is 30.0 Å². The zero-order valence-electron chi connectivity index (χ0n) is 26.1. The number of carbonyl (C=O) groups excluding carboxylic acids is 2. The van der Waals surface area contributed by atoms with Crippen LogP contribution < -0.4 is 9.47 Å². The van der Waals surface area contributed by atoms with Gasteiger partial charge in [-0.25, -0.2) is 14.0 Å². The average molecular weight is 691 g/mol. The van der Waals surface area contributed by atoms with Crippen molar-refractivity contribution >= 4 is 11.9 Å². The highest BCUT2D eigenvalue weighted by atomic mass is 19.4. The van der Waals surface area contributed by atoms with E-state index in [1.165, 1.54) is 12.1 Å². The molecule has 3 rings (SSSR count). The number of benzene rings is 3. The van der Waals surface area contributed by atoms with Crippen molar-refractivity contribution in [2.24, 2.45) is 0 Å². The van der Waals surface area contributed by atoms with Gasteiger partial charge in [0.25, 0.3) is 0 Å². The molecule has 48 heavy (non-hydrogen) atoms. The van der Waals surface area contributed by atoms with Gasteiger partial charge in [0.05, 0.1) is 23.8 Å². The molecular weight excluding hydrogens is 656 g/mol. The van der Waals surface area contributed by atoms with Gasteiger partial charge in [-0.1, -0.05) is 50.5 Å². The average Bonchev–Trinajstić information content (AvgIpc) is 3.02. The van der Waals surface area contributed by atoms with Crippen molar-refractivity contribution in [3.8, 4) is 22.6 Å². The topological polar surface area (TPSA) is 71.1 Å². The van der Waals surface area contributed by atoms with Crippen LogP contribution in [0.25, 0.3) is 11.1 Å². The molecule has 14 heteroatoms. The Morgan fingerprint density at radius 3 is 1.94 bits per heavy atom. The van der Waals surface area contributed by atoms with Crippen LogP contribution in [0.2, 0.25) is 0 Å². The quantitative estimate of drug-likeness (QED) is 0.0609. The van der Waals surface area contributed by atoms with Gasteiger partial charge in [-0.15, -0.1) is 0 Å². The predicted octanol–water partition coefficient (Wildman–Crippen LogP) is 9.46. The van der Waals surface area contributed by atoms with E-state index in [4.69, 9.17) is 14.2 Å². The van der Waals surface area contributed by atoms with E-state index in [0.29, 0.717) is 5.56 Å². The van der Waals surface area contributed by atoms with Crippen LogP contribution in [0.1, 0.15) is 66.7 Å². The summed E-state index contributed by atoms with van der Waals surface area (Å²) in [5, 5.41) is 0. The van der Waals surface area contributed by atoms with Crippen LogP contribution in [-0.4, -0.2) is 55.9 Å². The van der Waals surface area contributed by atoms with Crippen LogP contribution in [0, 0.1) is 5.82 Å². The van der Waals surface area contributed by atoms with Gasteiger partial charge in [0.1, 0.15) is 30.5 Å².